The summed E-state index contributed by atoms with van der Waals surface area (Å²) in [5, 5.41) is 9.08. The van der Waals surface area contributed by atoms with Crippen LogP contribution in [0.15, 0.2) is 78.6 Å². The van der Waals surface area contributed by atoms with E-state index in [4.69, 9.17) is 4.74 Å². The summed E-state index contributed by atoms with van der Waals surface area (Å²) in [6.07, 6.45) is 8.11. The first-order valence-corrected chi connectivity index (χ1v) is 11.1. The third kappa shape index (κ3) is 12.7. The summed E-state index contributed by atoms with van der Waals surface area (Å²) in [4.78, 5) is 4.02. The molecule has 1 N–H and O–H groups in total. The molecule has 0 aromatic heterocycles. The van der Waals surface area contributed by atoms with Gasteiger partial charge in [0.2, 0.25) is 0 Å². The molecule has 5 heteroatoms. The molecule has 0 aliphatic carbocycles. The number of hydrazone groups is 1. The van der Waals surface area contributed by atoms with Crippen LogP contribution in [0.1, 0.15) is 64.1 Å². The Bertz CT molecular complexity index is 729. The van der Waals surface area contributed by atoms with Crippen molar-refractivity contribution in [1.29, 1.82) is 0 Å². The monoisotopic (exact) mass is 440 g/mol. The van der Waals surface area contributed by atoms with Crippen LogP contribution in [0.5, 0.6) is 0 Å². The second-order valence-corrected chi connectivity index (χ2v) is 6.78. The number of nitrogens with one attached hydrogen (secondary N) is 1. The molecule has 1 aromatic carbocycles. The van der Waals surface area contributed by atoms with E-state index in [1.54, 1.807) is 24.4 Å². The Kier molecular flexibility index (Phi) is 19.6. The van der Waals surface area contributed by atoms with Crippen LogP contribution in [0.3, 0.4) is 0 Å². The first-order chi connectivity index (χ1) is 15.3. The lowest BCUT2D eigenvalue weighted by Gasteiger charge is -2.15. The highest BCUT2D eigenvalue weighted by atomic mass is 16.5. The zero-order chi connectivity index (χ0) is 24.9. The van der Waals surface area contributed by atoms with Gasteiger partial charge in [0.05, 0.1) is 18.5 Å². The summed E-state index contributed by atoms with van der Waals surface area (Å²) in [5.74, 6) is 0.707. The summed E-state index contributed by atoms with van der Waals surface area (Å²) in [6, 6.07) is 8.74. The topological polar surface area (TPSA) is 49.2 Å². The first kappa shape index (κ1) is 31.3. The number of nitrogens with zero attached hydrogens (tertiary/aromatic N) is 3. The molecule has 0 saturated carbocycles. The molecular formula is C27H44N4O. The van der Waals surface area contributed by atoms with Gasteiger partial charge in [0.15, 0.2) is 0 Å². The predicted octanol–water partition coefficient (Wildman–Crippen LogP) is 6.99. The normalized spacial score (nSPS) is 11.3. The fourth-order valence-electron chi connectivity index (χ4n) is 2.41. The van der Waals surface area contributed by atoms with Crippen LogP contribution in [0.4, 0.5) is 0 Å². The van der Waals surface area contributed by atoms with Crippen molar-refractivity contribution in [2.24, 2.45) is 10.1 Å². The van der Waals surface area contributed by atoms with Gasteiger partial charge in [-0.1, -0.05) is 84.7 Å². The smallest absolute Gasteiger partial charge is 0.118 e. The Morgan fingerprint density at radius 1 is 1.12 bits per heavy atom. The molecule has 0 unspecified atom stereocenters. The minimum atomic E-state index is 0.426. The maximum atomic E-state index is 5.08. The van der Waals surface area contributed by atoms with E-state index in [1.807, 2.05) is 33.2 Å². The second kappa shape index (κ2) is 20.0. The van der Waals surface area contributed by atoms with Crippen molar-refractivity contribution in [3.05, 3.63) is 79.7 Å². The van der Waals surface area contributed by atoms with Gasteiger partial charge >= 0.3 is 0 Å². The average molecular weight is 441 g/mol. The number of aliphatic imine (C=N–C) groups is 1. The van der Waals surface area contributed by atoms with Crippen LogP contribution in [0, 0.1) is 0 Å². The van der Waals surface area contributed by atoms with Crippen molar-refractivity contribution in [3.8, 4) is 0 Å². The molecule has 0 fully saturated rings. The van der Waals surface area contributed by atoms with Gasteiger partial charge in [-0.15, -0.1) is 0 Å². The van der Waals surface area contributed by atoms with E-state index in [2.05, 4.69) is 74.6 Å². The van der Waals surface area contributed by atoms with Crippen LogP contribution in [0.2, 0.25) is 0 Å². The Balaban J connectivity index is 0. The molecule has 0 amide bonds. The minimum absolute atomic E-state index is 0.426. The SMILES string of the molecule is C=C(OC)c1ccc([C@H](CC)NC)cc1.C=CN=C(C=C)C(=C)N(C)/N=C/CC.CCC. The fraction of sp³-hybridized carbons (Fsp3) is 0.407. The van der Waals surface area contributed by atoms with Gasteiger partial charge in [0.1, 0.15) is 5.76 Å². The zero-order valence-corrected chi connectivity index (χ0v) is 21.3. The van der Waals surface area contributed by atoms with Gasteiger partial charge in [-0.3, -0.25) is 10.0 Å². The van der Waals surface area contributed by atoms with Crippen molar-refractivity contribution in [2.45, 2.75) is 53.0 Å². The number of benzene rings is 1. The minimum Gasteiger partial charge on any atom is -0.497 e. The lowest BCUT2D eigenvalue weighted by Crippen LogP contribution is -2.16. The molecule has 0 bridgehead atoms. The van der Waals surface area contributed by atoms with E-state index in [1.165, 1.54) is 18.2 Å². The molecule has 1 aromatic rings. The quantitative estimate of drug-likeness (QED) is 0.229. The van der Waals surface area contributed by atoms with Crippen LogP contribution in [-0.2, 0) is 4.74 Å². The molecular weight excluding hydrogens is 396 g/mol. The number of ether oxygens (including phenoxy) is 1. The lowest BCUT2D eigenvalue weighted by molar-refractivity contribution is 0.371. The second-order valence-electron chi connectivity index (χ2n) is 6.78. The Morgan fingerprint density at radius 3 is 2.06 bits per heavy atom. The molecule has 1 rings (SSSR count). The van der Waals surface area contributed by atoms with Gasteiger partial charge in [-0.25, -0.2) is 0 Å². The van der Waals surface area contributed by atoms with Gasteiger partial charge in [-0.05, 0) is 31.5 Å². The van der Waals surface area contributed by atoms with Crippen LogP contribution >= 0.6 is 0 Å². The van der Waals surface area contributed by atoms with Crippen molar-refractivity contribution in [2.75, 3.05) is 21.2 Å². The highest BCUT2D eigenvalue weighted by Gasteiger charge is 2.06. The molecule has 0 aliphatic heterocycles. The number of hydrogen-bond donors (Lipinski definition) is 1. The highest BCUT2D eigenvalue weighted by molar-refractivity contribution is 6.07. The Morgan fingerprint density at radius 2 is 1.69 bits per heavy atom. The van der Waals surface area contributed by atoms with Crippen LogP contribution < -0.4 is 5.32 Å². The molecule has 0 aliphatic rings. The van der Waals surface area contributed by atoms with E-state index in [-0.39, 0.29) is 0 Å². The molecule has 178 valence electrons. The molecule has 0 radical (unpaired) electrons. The molecule has 0 heterocycles. The summed E-state index contributed by atoms with van der Waals surface area (Å²) in [7, 11) is 5.44. The van der Waals surface area contributed by atoms with E-state index >= 15 is 0 Å². The Hall–Kier alpha value is -2.92. The van der Waals surface area contributed by atoms with Gasteiger partial charge in [-0.2, -0.15) is 5.10 Å². The van der Waals surface area contributed by atoms with Crippen molar-refractivity contribution in [1.82, 2.24) is 10.3 Å². The Labute approximate surface area is 197 Å². The predicted molar refractivity (Wildman–Crippen MR) is 144 cm³/mol. The van der Waals surface area contributed by atoms with E-state index in [9.17, 15) is 0 Å². The summed E-state index contributed by atoms with van der Waals surface area (Å²) < 4.78 is 5.08. The maximum Gasteiger partial charge on any atom is 0.118 e. The largest absolute Gasteiger partial charge is 0.497 e. The van der Waals surface area contributed by atoms with Gasteiger partial charge < -0.3 is 10.1 Å². The lowest BCUT2D eigenvalue weighted by atomic mass is 10.0. The summed E-state index contributed by atoms with van der Waals surface area (Å²) >= 11 is 0. The third-order valence-corrected chi connectivity index (χ3v) is 4.19. The molecule has 5 nitrogen and oxygen atoms in total. The van der Waals surface area contributed by atoms with Crippen molar-refractivity contribution < 1.29 is 4.74 Å². The van der Waals surface area contributed by atoms with Gasteiger partial charge in [0.25, 0.3) is 0 Å². The standard InChI is InChI=1S/C13H19NO.C11H17N3.C3H8/c1-5-13(14-3)12-8-6-11(7-9-12)10(2)15-4;1-6-9-13-14(5)10(4)11(7-2)12-8-3;1-3-2/h6-9,13-14H,2,5H2,1,3-4H3;7-9H,2-4,6H2,1,5H3;3H2,1-2H3/b;12-11?,13-9+;/t13-;;/m0../s1. The molecule has 0 saturated heterocycles. The van der Waals surface area contributed by atoms with Crippen molar-refractivity contribution >= 4 is 17.7 Å². The molecule has 1 atom stereocenters. The van der Waals surface area contributed by atoms with Gasteiger partial charge in [0, 0.05) is 31.1 Å². The summed E-state index contributed by atoms with van der Waals surface area (Å²) in [5.41, 5.74) is 3.71. The van der Waals surface area contributed by atoms with E-state index < -0.39 is 0 Å². The zero-order valence-electron chi connectivity index (χ0n) is 21.3. The number of methoxy groups -OCH3 is 1. The molecule has 32 heavy (non-hydrogen) atoms. The summed E-state index contributed by atoms with van der Waals surface area (Å²) in [6.45, 7) is 23.3. The number of allylic oxidation sites excluding steroid dienone is 1. The number of rotatable bonds is 11. The average Bonchev–Trinajstić information content (AvgIpc) is 2.82. The van der Waals surface area contributed by atoms with Crippen LogP contribution in [-0.4, -0.2) is 38.1 Å². The first-order valence-electron chi connectivity index (χ1n) is 11.1. The highest BCUT2D eigenvalue weighted by Crippen LogP contribution is 2.19. The third-order valence-electron chi connectivity index (χ3n) is 4.19. The maximum absolute atomic E-state index is 5.08. The number of hydrogen-bond acceptors (Lipinski definition) is 5. The van der Waals surface area contributed by atoms with E-state index in [0.717, 1.165) is 18.4 Å². The van der Waals surface area contributed by atoms with E-state index in [0.29, 0.717) is 23.2 Å². The van der Waals surface area contributed by atoms with Crippen LogP contribution in [0.25, 0.3) is 5.76 Å². The molecule has 0 spiro atoms. The van der Waals surface area contributed by atoms with Crippen molar-refractivity contribution in [3.63, 3.8) is 0 Å². The fourth-order valence-corrected chi connectivity index (χ4v) is 2.41.